The SMILES string of the molecule is COc1cccc(CNC(=O)NC2CCN(Cc3ccccc3C)CC2)c1. The van der Waals surface area contributed by atoms with E-state index in [0.29, 0.717) is 6.54 Å². The average Bonchev–Trinajstić information content (AvgIpc) is 2.70. The largest absolute Gasteiger partial charge is 0.497 e. The van der Waals surface area contributed by atoms with Gasteiger partial charge < -0.3 is 15.4 Å². The van der Waals surface area contributed by atoms with Crippen LogP contribution in [0.5, 0.6) is 5.75 Å². The Morgan fingerprint density at radius 2 is 1.93 bits per heavy atom. The van der Waals surface area contributed by atoms with E-state index in [9.17, 15) is 4.79 Å². The fraction of sp³-hybridized carbons (Fsp3) is 0.409. The lowest BCUT2D eigenvalue weighted by Gasteiger charge is -2.32. The Morgan fingerprint density at radius 3 is 2.67 bits per heavy atom. The highest BCUT2D eigenvalue weighted by molar-refractivity contribution is 5.74. The Labute approximate surface area is 161 Å². The van der Waals surface area contributed by atoms with E-state index in [4.69, 9.17) is 4.74 Å². The van der Waals surface area contributed by atoms with E-state index in [0.717, 1.165) is 43.8 Å². The number of hydrogen-bond donors (Lipinski definition) is 2. The minimum absolute atomic E-state index is 0.102. The quantitative estimate of drug-likeness (QED) is 0.822. The van der Waals surface area contributed by atoms with Gasteiger partial charge in [0.1, 0.15) is 5.75 Å². The summed E-state index contributed by atoms with van der Waals surface area (Å²) in [5, 5.41) is 6.04. The molecule has 0 aromatic heterocycles. The summed E-state index contributed by atoms with van der Waals surface area (Å²) in [6, 6.07) is 16.4. The van der Waals surface area contributed by atoms with Crippen LogP contribution in [0.2, 0.25) is 0 Å². The minimum Gasteiger partial charge on any atom is -0.497 e. The van der Waals surface area contributed by atoms with Gasteiger partial charge in [-0.15, -0.1) is 0 Å². The van der Waals surface area contributed by atoms with Gasteiger partial charge in [-0.1, -0.05) is 36.4 Å². The molecule has 1 heterocycles. The molecule has 0 atom stereocenters. The van der Waals surface area contributed by atoms with Gasteiger partial charge in [-0.2, -0.15) is 0 Å². The lowest BCUT2D eigenvalue weighted by Crippen LogP contribution is -2.47. The smallest absolute Gasteiger partial charge is 0.315 e. The monoisotopic (exact) mass is 367 g/mol. The number of benzene rings is 2. The molecule has 0 aliphatic carbocycles. The highest BCUT2D eigenvalue weighted by Crippen LogP contribution is 2.16. The molecule has 0 bridgehead atoms. The predicted molar refractivity (Wildman–Crippen MR) is 108 cm³/mol. The maximum atomic E-state index is 12.2. The van der Waals surface area contributed by atoms with Crippen LogP contribution in [-0.4, -0.2) is 37.2 Å². The molecule has 1 aliphatic rings. The molecule has 0 unspecified atom stereocenters. The van der Waals surface area contributed by atoms with Crippen molar-refractivity contribution in [2.24, 2.45) is 0 Å². The van der Waals surface area contributed by atoms with Crippen LogP contribution in [0.1, 0.15) is 29.5 Å². The van der Waals surface area contributed by atoms with Crippen LogP contribution in [0.25, 0.3) is 0 Å². The van der Waals surface area contributed by atoms with Gasteiger partial charge >= 0.3 is 6.03 Å². The molecular weight excluding hydrogens is 338 g/mol. The van der Waals surface area contributed by atoms with Gasteiger partial charge in [-0.3, -0.25) is 4.90 Å². The first-order valence-electron chi connectivity index (χ1n) is 9.58. The first kappa shape index (κ1) is 19.2. The second-order valence-corrected chi connectivity index (χ2v) is 7.16. The number of urea groups is 1. The molecular formula is C22H29N3O2. The van der Waals surface area contributed by atoms with E-state index in [-0.39, 0.29) is 12.1 Å². The third-order valence-corrected chi connectivity index (χ3v) is 5.17. The Hall–Kier alpha value is -2.53. The molecule has 1 aliphatic heterocycles. The third kappa shape index (κ3) is 5.73. The molecule has 5 heteroatoms. The number of carbonyl (C=O) groups is 1. The number of piperidine rings is 1. The summed E-state index contributed by atoms with van der Waals surface area (Å²) in [6.45, 7) is 5.66. The predicted octanol–water partition coefficient (Wildman–Crippen LogP) is 3.47. The van der Waals surface area contributed by atoms with Crippen LogP contribution in [0.4, 0.5) is 4.79 Å². The fourth-order valence-corrected chi connectivity index (χ4v) is 3.46. The zero-order valence-corrected chi connectivity index (χ0v) is 16.2. The number of rotatable bonds is 6. The molecule has 2 aromatic carbocycles. The highest BCUT2D eigenvalue weighted by Gasteiger charge is 2.20. The Bertz CT molecular complexity index is 755. The minimum atomic E-state index is -0.102. The van der Waals surface area contributed by atoms with E-state index >= 15 is 0 Å². The van der Waals surface area contributed by atoms with Crippen LogP contribution < -0.4 is 15.4 Å². The van der Waals surface area contributed by atoms with Gasteiger partial charge in [0.15, 0.2) is 0 Å². The summed E-state index contributed by atoms with van der Waals surface area (Å²) in [4.78, 5) is 14.7. The zero-order valence-electron chi connectivity index (χ0n) is 16.2. The fourth-order valence-electron chi connectivity index (χ4n) is 3.46. The van der Waals surface area contributed by atoms with E-state index in [2.05, 4.69) is 46.7 Å². The first-order valence-corrected chi connectivity index (χ1v) is 9.58. The van der Waals surface area contributed by atoms with E-state index in [1.807, 2.05) is 24.3 Å². The Balaban J connectivity index is 1.39. The molecule has 2 N–H and O–H groups in total. The molecule has 3 rings (SSSR count). The molecule has 2 aromatic rings. The van der Waals surface area contributed by atoms with E-state index in [1.54, 1.807) is 7.11 Å². The molecule has 0 spiro atoms. The van der Waals surface area contributed by atoms with Crippen molar-refractivity contribution >= 4 is 6.03 Å². The van der Waals surface area contributed by atoms with Crippen LogP contribution in [0.15, 0.2) is 48.5 Å². The maximum absolute atomic E-state index is 12.2. The van der Waals surface area contributed by atoms with Crippen LogP contribution >= 0.6 is 0 Å². The number of amides is 2. The molecule has 144 valence electrons. The highest BCUT2D eigenvalue weighted by atomic mass is 16.5. The van der Waals surface area contributed by atoms with Crippen molar-refractivity contribution in [3.05, 3.63) is 65.2 Å². The molecule has 5 nitrogen and oxygen atoms in total. The van der Waals surface area contributed by atoms with E-state index < -0.39 is 0 Å². The van der Waals surface area contributed by atoms with Gasteiger partial charge in [0.05, 0.1) is 7.11 Å². The number of nitrogens with one attached hydrogen (secondary N) is 2. The number of methoxy groups -OCH3 is 1. The standard InChI is InChI=1S/C22H29N3O2/c1-17-6-3-4-8-19(17)16-25-12-10-20(11-13-25)24-22(26)23-15-18-7-5-9-21(14-18)27-2/h3-9,14,20H,10-13,15-16H2,1-2H3,(H2,23,24,26). The molecule has 1 saturated heterocycles. The second kappa shape index (κ2) is 9.42. The van der Waals surface area contributed by atoms with Gasteiger partial charge in [-0.25, -0.2) is 4.79 Å². The summed E-state index contributed by atoms with van der Waals surface area (Å²) in [5.74, 6) is 0.802. The summed E-state index contributed by atoms with van der Waals surface area (Å²) in [7, 11) is 1.64. The third-order valence-electron chi connectivity index (χ3n) is 5.17. The molecule has 0 saturated carbocycles. The number of aryl methyl sites for hydroxylation is 1. The van der Waals surface area contributed by atoms with Crippen molar-refractivity contribution in [3.8, 4) is 5.75 Å². The average molecular weight is 367 g/mol. The maximum Gasteiger partial charge on any atom is 0.315 e. The summed E-state index contributed by atoms with van der Waals surface area (Å²) < 4.78 is 5.21. The lowest BCUT2D eigenvalue weighted by molar-refractivity contribution is 0.186. The van der Waals surface area contributed by atoms with Crippen molar-refractivity contribution in [1.82, 2.24) is 15.5 Å². The van der Waals surface area contributed by atoms with Crippen molar-refractivity contribution in [2.45, 2.75) is 38.9 Å². The number of carbonyl (C=O) groups excluding carboxylic acids is 1. The normalized spacial score (nSPS) is 15.3. The second-order valence-electron chi connectivity index (χ2n) is 7.16. The molecule has 0 radical (unpaired) electrons. The zero-order chi connectivity index (χ0) is 19.1. The van der Waals surface area contributed by atoms with Crippen molar-refractivity contribution in [3.63, 3.8) is 0 Å². The van der Waals surface area contributed by atoms with Gasteiger partial charge in [0, 0.05) is 32.2 Å². The summed E-state index contributed by atoms with van der Waals surface area (Å²) >= 11 is 0. The van der Waals surface area contributed by atoms with Gasteiger partial charge in [-0.05, 0) is 48.6 Å². The molecule has 2 amide bonds. The first-order chi connectivity index (χ1) is 13.1. The number of ether oxygens (including phenoxy) is 1. The van der Waals surface area contributed by atoms with Crippen LogP contribution in [-0.2, 0) is 13.1 Å². The molecule has 1 fully saturated rings. The number of likely N-dealkylation sites (tertiary alicyclic amines) is 1. The lowest BCUT2D eigenvalue weighted by atomic mass is 10.0. The molecule has 27 heavy (non-hydrogen) atoms. The van der Waals surface area contributed by atoms with Crippen molar-refractivity contribution < 1.29 is 9.53 Å². The number of hydrogen-bond acceptors (Lipinski definition) is 3. The summed E-state index contributed by atoms with van der Waals surface area (Å²) in [6.07, 6.45) is 1.97. The van der Waals surface area contributed by atoms with Crippen molar-refractivity contribution in [1.29, 1.82) is 0 Å². The van der Waals surface area contributed by atoms with Gasteiger partial charge in [0.2, 0.25) is 0 Å². The topological polar surface area (TPSA) is 53.6 Å². The van der Waals surface area contributed by atoms with E-state index in [1.165, 1.54) is 11.1 Å². The van der Waals surface area contributed by atoms with Crippen molar-refractivity contribution in [2.75, 3.05) is 20.2 Å². The number of nitrogens with zero attached hydrogens (tertiary/aromatic N) is 1. The van der Waals surface area contributed by atoms with Gasteiger partial charge in [0.25, 0.3) is 0 Å². The van der Waals surface area contributed by atoms with Crippen LogP contribution in [0.3, 0.4) is 0 Å². The Kier molecular flexibility index (Phi) is 6.71. The Morgan fingerprint density at radius 1 is 1.15 bits per heavy atom. The summed E-state index contributed by atoms with van der Waals surface area (Å²) in [5.41, 5.74) is 3.76. The van der Waals surface area contributed by atoms with Crippen LogP contribution in [0, 0.1) is 6.92 Å².